The van der Waals surface area contributed by atoms with E-state index in [9.17, 15) is 9.59 Å². The molecule has 1 N–H and O–H groups in total. The Kier molecular flexibility index (Phi) is 10.2. The molecule has 0 saturated heterocycles. The molecular formula is C15H28O4. The highest BCUT2D eigenvalue weighted by atomic mass is 16.5. The van der Waals surface area contributed by atoms with Gasteiger partial charge in [0.15, 0.2) is 0 Å². The molecule has 0 aliphatic heterocycles. The predicted molar refractivity (Wildman–Crippen MR) is 74.9 cm³/mol. The maximum absolute atomic E-state index is 11.4. The fourth-order valence-electron chi connectivity index (χ4n) is 2.28. The van der Waals surface area contributed by atoms with Gasteiger partial charge in [0.2, 0.25) is 0 Å². The molecule has 0 bridgehead atoms. The Labute approximate surface area is 116 Å². The lowest BCUT2D eigenvalue weighted by molar-refractivity contribution is -0.146. The van der Waals surface area contributed by atoms with E-state index in [-0.39, 0.29) is 17.8 Å². The first-order valence-corrected chi connectivity index (χ1v) is 7.37. The first-order valence-electron chi connectivity index (χ1n) is 7.37. The van der Waals surface area contributed by atoms with Crippen molar-refractivity contribution >= 4 is 11.9 Å². The number of methoxy groups -OCH3 is 1. The fraction of sp³-hybridized carbons (Fsp3) is 0.867. The van der Waals surface area contributed by atoms with Crippen LogP contribution in [0.2, 0.25) is 0 Å². The van der Waals surface area contributed by atoms with Crippen LogP contribution in [0.4, 0.5) is 0 Å². The summed E-state index contributed by atoms with van der Waals surface area (Å²) in [6.45, 7) is 4.05. The van der Waals surface area contributed by atoms with E-state index in [1.54, 1.807) is 0 Å². The Bertz CT molecular complexity index is 263. The third kappa shape index (κ3) is 7.85. The molecule has 0 spiro atoms. The van der Waals surface area contributed by atoms with E-state index in [0.29, 0.717) is 6.42 Å². The summed E-state index contributed by atoms with van der Waals surface area (Å²) in [5.74, 6) is -1.10. The van der Waals surface area contributed by atoms with Crippen molar-refractivity contribution in [3.05, 3.63) is 0 Å². The number of carboxylic acid groups (broad SMARTS) is 1. The number of hydrogen-bond acceptors (Lipinski definition) is 3. The second-order valence-electron chi connectivity index (χ2n) is 5.09. The molecule has 2 atom stereocenters. The number of unbranched alkanes of at least 4 members (excludes halogenated alkanes) is 2. The van der Waals surface area contributed by atoms with E-state index in [0.717, 1.165) is 44.9 Å². The van der Waals surface area contributed by atoms with Gasteiger partial charge in [0.1, 0.15) is 0 Å². The van der Waals surface area contributed by atoms with Gasteiger partial charge in [-0.05, 0) is 25.7 Å². The maximum atomic E-state index is 11.4. The predicted octanol–water partition coefficient (Wildman–Crippen LogP) is 3.64. The molecule has 0 amide bonds. The van der Waals surface area contributed by atoms with E-state index in [1.165, 1.54) is 7.11 Å². The SMILES string of the molecule is CCCCC(CCCCC(CC)C(=O)OC)C(=O)O. The second-order valence-corrected chi connectivity index (χ2v) is 5.09. The summed E-state index contributed by atoms with van der Waals surface area (Å²) >= 11 is 0. The van der Waals surface area contributed by atoms with Crippen LogP contribution in [0.5, 0.6) is 0 Å². The largest absolute Gasteiger partial charge is 0.481 e. The van der Waals surface area contributed by atoms with Gasteiger partial charge in [0, 0.05) is 0 Å². The Morgan fingerprint density at radius 3 is 1.95 bits per heavy atom. The molecule has 0 heterocycles. The Hall–Kier alpha value is -1.06. The van der Waals surface area contributed by atoms with Crippen molar-refractivity contribution in [2.75, 3.05) is 7.11 Å². The molecule has 0 aromatic heterocycles. The summed E-state index contributed by atoms with van der Waals surface area (Å²) in [6, 6.07) is 0. The van der Waals surface area contributed by atoms with Gasteiger partial charge < -0.3 is 9.84 Å². The number of carbonyl (C=O) groups excluding carboxylic acids is 1. The summed E-state index contributed by atoms with van der Waals surface area (Å²) in [5.41, 5.74) is 0. The molecule has 2 unspecified atom stereocenters. The highest BCUT2D eigenvalue weighted by Crippen LogP contribution is 2.20. The first-order chi connectivity index (χ1) is 9.06. The van der Waals surface area contributed by atoms with Gasteiger partial charge in [-0.15, -0.1) is 0 Å². The Morgan fingerprint density at radius 1 is 1.00 bits per heavy atom. The lowest BCUT2D eigenvalue weighted by atomic mass is 9.93. The van der Waals surface area contributed by atoms with Gasteiger partial charge >= 0.3 is 11.9 Å². The average molecular weight is 272 g/mol. The number of ether oxygens (including phenoxy) is 1. The summed E-state index contributed by atoms with van der Waals surface area (Å²) in [7, 11) is 1.41. The summed E-state index contributed by atoms with van der Waals surface area (Å²) < 4.78 is 4.74. The summed E-state index contributed by atoms with van der Waals surface area (Å²) in [5, 5.41) is 9.11. The van der Waals surface area contributed by atoms with Gasteiger partial charge in [0.25, 0.3) is 0 Å². The standard InChI is InChI=1S/C15H28O4/c1-4-6-9-13(14(16)17)11-8-7-10-12(5-2)15(18)19-3/h12-13H,4-11H2,1-3H3,(H,16,17). The number of aliphatic carboxylic acids is 1. The molecule has 0 saturated carbocycles. The van der Waals surface area contributed by atoms with Gasteiger partial charge in [-0.1, -0.05) is 39.5 Å². The van der Waals surface area contributed by atoms with Crippen LogP contribution in [0.3, 0.4) is 0 Å². The molecule has 0 aromatic carbocycles. The van der Waals surface area contributed by atoms with E-state index in [2.05, 4.69) is 6.92 Å². The van der Waals surface area contributed by atoms with Crippen molar-refractivity contribution in [2.45, 2.75) is 65.2 Å². The zero-order valence-corrected chi connectivity index (χ0v) is 12.5. The van der Waals surface area contributed by atoms with Crippen molar-refractivity contribution in [1.29, 1.82) is 0 Å². The number of hydrogen-bond donors (Lipinski definition) is 1. The van der Waals surface area contributed by atoms with Crippen LogP contribution in [0.25, 0.3) is 0 Å². The van der Waals surface area contributed by atoms with Crippen LogP contribution in [0.15, 0.2) is 0 Å². The normalized spacial score (nSPS) is 13.8. The van der Waals surface area contributed by atoms with Crippen molar-refractivity contribution in [1.82, 2.24) is 0 Å². The highest BCUT2D eigenvalue weighted by Gasteiger charge is 2.18. The Balaban J connectivity index is 3.92. The molecule has 0 aromatic rings. The minimum Gasteiger partial charge on any atom is -0.481 e. The first kappa shape index (κ1) is 17.9. The van der Waals surface area contributed by atoms with Crippen LogP contribution < -0.4 is 0 Å². The van der Waals surface area contributed by atoms with Crippen LogP contribution in [-0.4, -0.2) is 24.2 Å². The molecule has 0 fully saturated rings. The van der Waals surface area contributed by atoms with E-state index < -0.39 is 5.97 Å². The number of rotatable bonds is 11. The van der Waals surface area contributed by atoms with Crippen LogP contribution in [-0.2, 0) is 14.3 Å². The minimum absolute atomic E-state index is 0.0380. The molecule has 4 nitrogen and oxygen atoms in total. The fourth-order valence-corrected chi connectivity index (χ4v) is 2.28. The minimum atomic E-state index is -0.687. The monoisotopic (exact) mass is 272 g/mol. The summed E-state index contributed by atoms with van der Waals surface area (Å²) in [4.78, 5) is 22.5. The quantitative estimate of drug-likeness (QED) is 0.461. The average Bonchev–Trinajstić information content (AvgIpc) is 2.40. The van der Waals surface area contributed by atoms with Crippen molar-refractivity contribution in [3.8, 4) is 0 Å². The van der Waals surface area contributed by atoms with E-state index in [4.69, 9.17) is 9.84 Å². The van der Waals surface area contributed by atoms with Crippen molar-refractivity contribution in [2.24, 2.45) is 11.8 Å². The summed E-state index contributed by atoms with van der Waals surface area (Å²) in [6.07, 6.45) is 6.82. The molecular weight excluding hydrogens is 244 g/mol. The van der Waals surface area contributed by atoms with E-state index >= 15 is 0 Å². The highest BCUT2D eigenvalue weighted by molar-refractivity contribution is 5.72. The van der Waals surface area contributed by atoms with Crippen LogP contribution >= 0.6 is 0 Å². The van der Waals surface area contributed by atoms with Gasteiger partial charge in [-0.25, -0.2) is 0 Å². The van der Waals surface area contributed by atoms with Gasteiger partial charge in [-0.2, -0.15) is 0 Å². The lowest BCUT2D eigenvalue weighted by Gasteiger charge is -2.14. The van der Waals surface area contributed by atoms with Crippen molar-refractivity contribution < 1.29 is 19.4 Å². The molecule has 4 heteroatoms. The zero-order chi connectivity index (χ0) is 14.7. The lowest BCUT2D eigenvalue weighted by Crippen LogP contribution is -2.16. The molecule has 112 valence electrons. The molecule has 0 aliphatic carbocycles. The van der Waals surface area contributed by atoms with E-state index in [1.807, 2.05) is 6.92 Å². The molecule has 19 heavy (non-hydrogen) atoms. The maximum Gasteiger partial charge on any atom is 0.308 e. The molecule has 0 radical (unpaired) electrons. The molecule has 0 rings (SSSR count). The topological polar surface area (TPSA) is 63.6 Å². The van der Waals surface area contributed by atoms with Gasteiger partial charge in [0.05, 0.1) is 18.9 Å². The van der Waals surface area contributed by atoms with Crippen molar-refractivity contribution in [3.63, 3.8) is 0 Å². The third-order valence-electron chi connectivity index (χ3n) is 3.64. The number of carbonyl (C=O) groups is 2. The smallest absolute Gasteiger partial charge is 0.308 e. The number of esters is 1. The molecule has 0 aliphatic rings. The van der Waals surface area contributed by atoms with Crippen LogP contribution in [0, 0.1) is 11.8 Å². The number of carboxylic acids is 1. The van der Waals surface area contributed by atoms with Gasteiger partial charge in [-0.3, -0.25) is 9.59 Å². The van der Waals surface area contributed by atoms with Crippen LogP contribution in [0.1, 0.15) is 65.2 Å². The zero-order valence-electron chi connectivity index (χ0n) is 12.5. The second kappa shape index (κ2) is 10.8. The Morgan fingerprint density at radius 2 is 1.53 bits per heavy atom. The third-order valence-corrected chi connectivity index (χ3v) is 3.64.